The molecule has 0 aliphatic carbocycles. The lowest BCUT2D eigenvalue weighted by atomic mass is 9.73. The van der Waals surface area contributed by atoms with Gasteiger partial charge in [-0.25, -0.2) is 4.79 Å². The molecule has 0 aromatic heterocycles. The van der Waals surface area contributed by atoms with Crippen LogP contribution >= 0.6 is 0 Å². The fraction of sp³-hybridized carbons (Fsp3) is 0.500. The van der Waals surface area contributed by atoms with Crippen molar-refractivity contribution in [2.75, 3.05) is 19.7 Å². The summed E-state index contributed by atoms with van der Waals surface area (Å²) in [5.41, 5.74) is 2.26. The number of amides is 1. The molecule has 0 bridgehead atoms. The first-order chi connectivity index (χ1) is 14.6. The molecule has 0 unspecified atom stereocenters. The monoisotopic (exact) mass is 439 g/mol. The number of rotatable bonds is 6. The highest BCUT2D eigenvalue weighted by molar-refractivity contribution is 6.74. The topological polar surface area (TPSA) is 38.8 Å². The number of hydrogen-bond donors (Lipinski definition) is 0. The number of piperidine rings is 1. The normalized spacial score (nSPS) is 16.7. The van der Waals surface area contributed by atoms with E-state index in [0.717, 1.165) is 18.4 Å². The van der Waals surface area contributed by atoms with Gasteiger partial charge in [-0.15, -0.1) is 0 Å². The molecule has 4 nitrogen and oxygen atoms in total. The molecule has 2 aromatic carbocycles. The number of benzene rings is 2. The van der Waals surface area contributed by atoms with Crippen molar-refractivity contribution in [2.24, 2.45) is 0 Å². The number of ether oxygens (including phenoxy) is 1. The van der Waals surface area contributed by atoms with Crippen LogP contribution in [0, 0.1) is 0 Å². The zero-order chi connectivity index (χ0) is 22.5. The number of likely N-dealkylation sites (tertiary alicyclic amines) is 1. The van der Waals surface area contributed by atoms with E-state index in [-0.39, 0.29) is 16.5 Å². The minimum absolute atomic E-state index is 0.0625. The van der Waals surface area contributed by atoms with Crippen molar-refractivity contribution >= 4 is 14.4 Å². The molecule has 0 atom stereocenters. The lowest BCUT2D eigenvalue weighted by Gasteiger charge is -2.45. The molecule has 168 valence electrons. The molecule has 31 heavy (non-hydrogen) atoms. The van der Waals surface area contributed by atoms with Crippen molar-refractivity contribution in [3.05, 3.63) is 71.8 Å². The molecule has 1 amide bonds. The average Bonchev–Trinajstić information content (AvgIpc) is 2.77. The van der Waals surface area contributed by atoms with E-state index in [1.54, 1.807) is 0 Å². The van der Waals surface area contributed by atoms with E-state index < -0.39 is 8.32 Å². The Hall–Kier alpha value is -2.11. The van der Waals surface area contributed by atoms with Gasteiger partial charge in [-0.3, -0.25) is 0 Å². The number of nitrogens with zero attached hydrogens (tertiary/aromatic N) is 1. The van der Waals surface area contributed by atoms with E-state index in [9.17, 15) is 4.79 Å². The Kier molecular flexibility index (Phi) is 7.27. The molecule has 0 N–H and O–H groups in total. The Labute approximate surface area is 188 Å². The second-order valence-corrected chi connectivity index (χ2v) is 15.0. The van der Waals surface area contributed by atoms with Crippen molar-refractivity contribution in [3.8, 4) is 0 Å². The fourth-order valence-electron chi connectivity index (χ4n) is 3.77. The minimum Gasteiger partial charge on any atom is -0.445 e. The number of carbonyl (C=O) groups excluding carboxylic acids is 1. The third kappa shape index (κ3) is 5.77. The molecule has 0 spiro atoms. The smallest absolute Gasteiger partial charge is 0.410 e. The van der Waals surface area contributed by atoms with Crippen LogP contribution in [-0.4, -0.2) is 39.0 Å². The van der Waals surface area contributed by atoms with E-state index in [4.69, 9.17) is 9.16 Å². The highest BCUT2D eigenvalue weighted by Crippen LogP contribution is 2.41. The molecular weight excluding hydrogens is 402 g/mol. The van der Waals surface area contributed by atoms with Gasteiger partial charge in [0.2, 0.25) is 0 Å². The Morgan fingerprint density at radius 1 is 0.968 bits per heavy atom. The lowest BCUT2D eigenvalue weighted by Crippen LogP contribution is -2.50. The van der Waals surface area contributed by atoms with Gasteiger partial charge in [-0.05, 0) is 42.1 Å². The first kappa shape index (κ1) is 23.5. The third-order valence-electron chi connectivity index (χ3n) is 7.09. The maximum atomic E-state index is 12.6. The summed E-state index contributed by atoms with van der Waals surface area (Å²) in [6.45, 7) is 13.8. The lowest BCUT2D eigenvalue weighted by molar-refractivity contribution is 0.0652. The van der Waals surface area contributed by atoms with E-state index >= 15 is 0 Å². The van der Waals surface area contributed by atoms with Gasteiger partial charge in [0.05, 0.1) is 0 Å². The van der Waals surface area contributed by atoms with Gasteiger partial charge in [0, 0.05) is 25.1 Å². The fourth-order valence-corrected chi connectivity index (χ4v) is 4.84. The second kappa shape index (κ2) is 9.57. The maximum Gasteiger partial charge on any atom is 0.410 e. The van der Waals surface area contributed by atoms with Crippen molar-refractivity contribution in [1.29, 1.82) is 0 Å². The Morgan fingerprint density at radius 2 is 1.52 bits per heavy atom. The predicted octanol–water partition coefficient (Wildman–Crippen LogP) is 6.38. The summed E-state index contributed by atoms with van der Waals surface area (Å²) in [4.78, 5) is 14.5. The van der Waals surface area contributed by atoms with Gasteiger partial charge < -0.3 is 14.1 Å². The van der Waals surface area contributed by atoms with Crippen LogP contribution in [0.1, 0.15) is 44.7 Å². The van der Waals surface area contributed by atoms with Crippen LogP contribution in [0.3, 0.4) is 0 Å². The molecule has 1 aliphatic heterocycles. The molecule has 0 saturated carbocycles. The molecule has 1 fully saturated rings. The highest BCUT2D eigenvalue weighted by Gasteiger charge is 2.43. The average molecular weight is 440 g/mol. The van der Waals surface area contributed by atoms with Crippen LogP contribution in [0.25, 0.3) is 0 Å². The van der Waals surface area contributed by atoms with Crippen LogP contribution in [0.2, 0.25) is 18.1 Å². The van der Waals surface area contributed by atoms with E-state index in [2.05, 4.69) is 64.2 Å². The van der Waals surface area contributed by atoms with Crippen LogP contribution in [0.15, 0.2) is 60.7 Å². The molecule has 1 heterocycles. The summed E-state index contributed by atoms with van der Waals surface area (Å²) >= 11 is 0. The first-order valence-electron chi connectivity index (χ1n) is 11.3. The van der Waals surface area contributed by atoms with Crippen molar-refractivity contribution < 1.29 is 14.0 Å². The van der Waals surface area contributed by atoms with Crippen LogP contribution in [0.5, 0.6) is 0 Å². The van der Waals surface area contributed by atoms with E-state index in [1.807, 2.05) is 35.2 Å². The van der Waals surface area contributed by atoms with Gasteiger partial charge in [-0.1, -0.05) is 81.4 Å². The summed E-state index contributed by atoms with van der Waals surface area (Å²) < 4.78 is 12.3. The first-order valence-corrected chi connectivity index (χ1v) is 14.2. The van der Waals surface area contributed by atoms with E-state index in [1.165, 1.54) is 5.56 Å². The summed E-state index contributed by atoms with van der Waals surface area (Å²) in [7, 11) is -1.86. The molecule has 5 heteroatoms. The molecule has 1 aliphatic rings. The second-order valence-electron chi connectivity index (χ2n) is 10.2. The molecule has 1 saturated heterocycles. The minimum atomic E-state index is -1.86. The van der Waals surface area contributed by atoms with Crippen LogP contribution in [0.4, 0.5) is 4.79 Å². The Bertz CT molecular complexity index is 838. The standard InChI is InChI=1S/C26H37NO3Si/c1-25(2,3)31(4,5)30-21-26(23-14-10-7-11-15-23)16-18-27(19-17-26)24(28)29-20-22-12-8-6-9-13-22/h6-15H,16-21H2,1-5H3. The number of carbonyl (C=O) groups is 1. The van der Waals surface area contributed by atoms with Crippen molar-refractivity contribution in [1.82, 2.24) is 4.90 Å². The van der Waals surface area contributed by atoms with Crippen molar-refractivity contribution in [2.45, 2.75) is 63.8 Å². The zero-order valence-electron chi connectivity index (χ0n) is 19.7. The van der Waals surface area contributed by atoms with Gasteiger partial charge in [0.25, 0.3) is 0 Å². The van der Waals surface area contributed by atoms with Crippen molar-refractivity contribution in [3.63, 3.8) is 0 Å². The largest absolute Gasteiger partial charge is 0.445 e. The predicted molar refractivity (Wildman–Crippen MR) is 129 cm³/mol. The number of hydrogen-bond acceptors (Lipinski definition) is 3. The van der Waals surface area contributed by atoms with Gasteiger partial charge >= 0.3 is 6.09 Å². The summed E-state index contributed by atoms with van der Waals surface area (Å²) in [6, 6.07) is 20.5. The third-order valence-corrected chi connectivity index (χ3v) is 11.6. The zero-order valence-corrected chi connectivity index (χ0v) is 20.7. The molecule has 3 rings (SSSR count). The van der Waals surface area contributed by atoms with Gasteiger partial charge in [0.1, 0.15) is 6.61 Å². The Balaban J connectivity index is 1.66. The molecular formula is C26H37NO3Si. The Morgan fingerprint density at radius 3 is 2.06 bits per heavy atom. The van der Waals surface area contributed by atoms with Crippen LogP contribution in [-0.2, 0) is 21.2 Å². The summed E-state index contributed by atoms with van der Waals surface area (Å²) in [5.74, 6) is 0. The van der Waals surface area contributed by atoms with Gasteiger partial charge in [-0.2, -0.15) is 0 Å². The van der Waals surface area contributed by atoms with Gasteiger partial charge in [0.15, 0.2) is 8.32 Å². The summed E-state index contributed by atoms with van der Waals surface area (Å²) in [5, 5.41) is 0.173. The molecule has 0 radical (unpaired) electrons. The molecule has 2 aromatic rings. The van der Waals surface area contributed by atoms with Crippen LogP contribution < -0.4 is 0 Å². The quantitative estimate of drug-likeness (QED) is 0.490. The highest BCUT2D eigenvalue weighted by atomic mass is 28.4. The summed E-state index contributed by atoms with van der Waals surface area (Å²) in [6.07, 6.45) is 1.54. The van der Waals surface area contributed by atoms with E-state index in [0.29, 0.717) is 26.3 Å². The maximum absolute atomic E-state index is 12.6. The SMILES string of the molecule is CC(C)(C)[Si](C)(C)OCC1(c2ccccc2)CCN(C(=O)OCc2ccccc2)CC1.